The number of hydrogen-bond acceptors (Lipinski definition) is 2. The third kappa shape index (κ3) is 2.99. The van der Waals surface area contributed by atoms with Gasteiger partial charge in [0, 0.05) is 0 Å². The number of methoxy groups -OCH3 is 1. The highest BCUT2D eigenvalue weighted by atomic mass is 16.5. The Morgan fingerprint density at radius 3 is 2.33 bits per heavy atom. The van der Waals surface area contributed by atoms with Gasteiger partial charge in [0.2, 0.25) is 0 Å². The van der Waals surface area contributed by atoms with Crippen molar-refractivity contribution in [3.05, 3.63) is 18.2 Å². The van der Waals surface area contributed by atoms with Crippen LogP contribution >= 0.6 is 0 Å². The third-order valence-electron chi connectivity index (χ3n) is 5.18. The summed E-state index contributed by atoms with van der Waals surface area (Å²) in [4.78, 5) is 12.3. The van der Waals surface area contributed by atoms with E-state index in [0.717, 1.165) is 5.82 Å². The minimum Gasteiger partial charge on any atom is -0.460 e. The zero-order chi connectivity index (χ0) is 14.7. The van der Waals surface area contributed by atoms with Gasteiger partial charge in [-0.1, -0.05) is 12.8 Å². The molecule has 1 heterocycles. The lowest BCUT2D eigenvalue weighted by molar-refractivity contribution is -0.727. The smallest absolute Gasteiger partial charge is 0.421 e. The summed E-state index contributed by atoms with van der Waals surface area (Å²) < 4.78 is 9.47. The maximum atomic E-state index is 12.3. The Labute approximate surface area is 127 Å². The predicted octanol–water partition coefficient (Wildman–Crippen LogP) is 3.57. The molecule has 0 aromatic carbocycles. The molecule has 3 rings (SSSR count). The maximum Gasteiger partial charge on any atom is 0.421 e. The van der Waals surface area contributed by atoms with Crippen LogP contribution < -0.4 is 4.57 Å². The zero-order valence-corrected chi connectivity index (χ0v) is 13.1. The van der Waals surface area contributed by atoms with Gasteiger partial charge in [-0.15, -0.1) is 0 Å². The minimum atomic E-state index is -0.184. The molecule has 1 aromatic rings. The van der Waals surface area contributed by atoms with Gasteiger partial charge in [0.1, 0.15) is 24.5 Å². The first kappa shape index (κ1) is 14.6. The number of aromatic nitrogens is 2. The molecular formula is C17H27N2O2+. The molecule has 0 spiro atoms. The van der Waals surface area contributed by atoms with Gasteiger partial charge in [-0.25, -0.2) is 13.9 Å². The summed E-state index contributed by atoms with van der Waals surface area (Å²) in [6, 6.07) is 0.940. The molecule has 2 saturated carbocycles. The van der Waals surface area contributed by atoms with Crippen molar-refractivity contribution in [2.45, 2.75) is 76.3 Å². The fourth-order valence-electron chi connectivity index (χ4n) is 4.03. The van der Waals surface area contributed by atoms with Crippen molar-refractivity contribution in [1.29, 1.82) is 0 Å². The van der Waals surface area contributed by atoms with E-state index in [-0.39, 0.29) is 5.97 Å². The summed E-state index contributed by atoms with van der Waals surface area (Å²) in [6.45, 7) is 0. The summed E-state index contributed by atoms with van der Waals surface area (Å²) in [7, 11) is 1.49. The quantitative estimate of drug-likeness (QED) is 0.630. The highest BCUT2D eigenvalue weighted by Crippen LogP contribution is 2.30. The lowest BCUT2D eigenvalue weighted by Gasteiger charge is -2.22. The monoisotopic (exact) mass is 291 g/mol. The van der Waals surface area contributed by atoms with Crippen LogP contribution in [-0.2, 0) is 4.74 Å². The maximum absolute atomic E-state index is 12.3. The predicted molar refractivity (Wildman–Crippen MR) is 80.2 cm³/mol. The zero-order valence-electron chi connectivity index (χ0n) is 13.1. The average molecular weight is 291 g/mol. The molecule has 1 aromatic heterocycles. The Bertz CT molecular complexity index is 447. The molecule has 0 N–H and O–H groups in total. The lowest BCUT2D eigenvalue weighted by Crippen LogP contribution is -2.45. The van der Waals surface area contributed by atoms with Crippen molar-refractivity contribution >= 4 is 5.97 Å². The van der Waals surface area contributed by atoms with Crippen molar-refractivity contribution in [3.8, 4) is 0 Å². The van der Waals surface area contributed by atoms with Crippen molar-refractivity contribution in [2.75, 3.05) is 7.11 Å². The average Bonchev–Trinajstić information content (AvgIpc) is 3.00. The van der Waals surface area contributed by atoms with Crippen LogP contribution in [0.15, 0.2) is 12.4 Å². The van der Waals surface area contributed by atoms with E-state index in [9.17, 15) is 4.79 Å². The van der Waals surface area contributed by atoms with Crippen molar-refractivity contribution in [1.82, 2.24) is 4.57 Å². The number of carbonyl (C=O) groups is 1. The molecule has 0 unspecified atom stereocenters. The fourth-order valence-corrected chi connectivity index (χ4v) is 4.03. The van der Waals surface area contributed by atoms with Crippen LogP contribution in [0.25, 0.3) is 0 Å². The van der Waals surface area contributed by atoms with Crippen LogP contribution in [0.1, 0.15) is 86.9 Å². The van der Waals surface area contributed by atoms with Gasteiger partial charge >= 0.3 is 11.8 Å². The van der Waals surface area contributed by atoms with E-state index in [1.807, 2.05) is 0 Å². The van der Waals surface area contributed by atoms with Crippen LogP contribution in [0.4, 0.5) is 0 Å². The van der Waals surface area contributed by atoms with Crippen LogP contribution in [0.3, 0.4) is 0 Å². The SMILES string of the molecule is COC(=O)c1n(C2CCCCC2)cc[n+]1C1CCCCC1. The molecule has 4 nitrogen and oxygen atoms in total. The largest absolute Gasteiger partial charge is 0.460 e. The van der Waals surface area contributed by atoms with Gasteiger partial charge in [-0.05, 0) is 51.4 Å². The molecule has 4 heteroatoms. The first-order valence-electron chi connectivity index (χ1n) is 8.51. The minimum absolute atomic E-state index is 0.184. The topological polar surface area (TPSA) is 35.1 Å². The molecule has 2 aliphatic carbocycles. The second kappa shape index (κ2) is 6.63. The van der Waals surface area contributed by atoms with Crippen LogP contribution in [-0.4, -0.2) is 17.6 Å². The lowest BCUT2D eigenvalue weighted by atomic mass is 9.95. The number of ether oxygens (including phenoxy) is 1. The van der Waals surface area contributed by atoms with Gasteiger partial charge in [0.05, 0.1) is 7.11 Å². The number of rotatable bonds is 3. The Kier molecular flexibility index (Phi) is 4.61. The van der Waals surface area contributed by atoms with E-state index in [2.05, 4.69) is 21.5 Å². The van der Waals surface area contributed by atoms with E-state index in [0.29, 0.717) is 12.1 Å². The molecule has 2 aliphatic rings. The second-order valence-electron chi connectivity index (χ2n) is 6.51. The van der Waals surface area contributed by atoms with Crippen LogP contribution in [0, 0.1) is 0 Å². The third-order valence-corrected chi connectivity index (χ3v) is 5.18. The molecular weight excluding hydrogens is 264 g/mol. The van der Waals surface area contributed by atoms with Crippen LogP contribution in [0.2, 0.25) is 0 Å². The number of esters is 1. The number of carbonyl (C=O) groups excluding carboxylic acids is 1. The summed E-state index contributed by atoms with van der Waals surface area (Å²) in [5.74, 6) is 0.576. The number of hydrogen-bond donors (Lipinski definition) is 0. The molecule has 0 saturated heterocycles. The number of imidazole rings is 1. The highest BCUT2D eigenvalue weighted by molar-refractivity contribution is 5.83. The highest BCUT2D eigenvalue weighted by Gasteiger charge is 2.35. The first-order valence-corrected chi connectivity index (χ1v) is 8.51. The van der Waals surface area contributed by atoms with Gasteiger partial charge in [-0.2, -0.15) is 0 Å². The molecule has 0 bridgehead atoms. The van der Waals surface area contributed by atoms with E-state index in [4.69, 9.17) is 4.74 Å². The molecule has 0 amide bonds. The van der Waals surface area contributed by atoms with Crippen molar-refractivity contribution in [2.24, 2.45) is 0 Å². The Morgan fingerprint density at radius 1 is 1.10 bits per heavy atom. The van der Waals surface area contributed by atoms with Gasteiger partial charge < -0.3 is 4.74 Å². The van der Waals surface area contributed by atoms with E-state index in [1.165, 1.54) is 71.3 Å². The van der Waals surface area contributed by atoms with Crippen LogP contribution in [0.5, 0.6) is 0 Å². The molecule has 0 aliphatic heterocycles. The summed E-state index contributed by atoms with van der Waals surface area (Å²) >= 11 is 0. The van der Waals surface area contributed by atoms with Gasteiger partial charge in [0.25, 0.3) is 0 Å². The van der Waals surface area contributed by atoms with Crippen molar-refractivity contribution in [3.63, 3.8) is 0 Å². The van der Waals surface area contributed by atoms with E-state index in [1.54, 1.807) is 0 Å². The molecule has 2 fully saturated rings. The fraction of sp³-hybridized carbons (Fsp3) is 0.765. The molecule has 21 heavy (non-hydrogen) atoms. The van der Waals surface area contributed by atoms with Crippen molar-refractivity contribution < 1.29 is 14.1 Å². The Hall–Kier alpha value is -1.32. The summed E-state index contributed by atoms with van der Waals surface area (Å²) in [5.41, 5.74) is 0. The Morgan fingerprint density at radius 2 is 1.71 bits per heavy atom. The molecule has 0 atom stereocenters. The summed E-state index contributed by atoms with van der Waals surface area (Å²) in [5, 5.41) is 0. The Balaban J connectivity index is 1.92. The van der Waals surface area contributed by atoms with E-state index < -0.39 is 0 Å². The molecule has 0 radical (unpaired) electrons. The second-order valence-corrected chi connectivity index (χ2v) is 6.51. The number of nitrogens with zero attached hydrogens (tertiary/aromatic N) is 2. The van der Waals surface area contributed by atoms with Gasteiger partial charge in [0.15, 0.2) is 0 Å². The normalized spacial score (nSPS) is 21.4. The molecule has 116 valence electrons. The standard InChI is InChI=1S/C17H27N2O2/c1-21-17(20)16-18(14-8-4-2-5-9-14)12-13-19(16)15-10-6-3-7-11-15/h12-15H,2-11H2,1H3/q+1. The first-order chi connectivity index (χ1) is 10.3. The van der Waals surface area contributed by atoms with Gasteiger partial charge in [-0.3, -0.25) is 0 Å². The summed E-state index contributed by atoms with van der Waals surface area (Å²) in [6.07, 6.45) is 16.7. The van der Waals surface area contributed by atoms with E-state index >= 15 is 0 Å².